The highest BCUT2D eigenvalue weighted by Crippen LogP contribution is 2.32. The van der Waals surface area contributed by atoms with Crippen LogP contribution in [0.5, 0.6) is 0 Å². The number of rotatable bonds is 2. The van der Waals surface area contributed by atoms with E-state index in [4.69, 9.17) is 11.5 Å². The molecular formula is C11H16N4O. The fraction of sp³-hybridized carbons (Fsp3) is 0.455. The van der Waals surface area contributed by atoms with Gasteiger partial charge in [0.15, 0.2) is 0 Å². The van der Waals surface area contributed by atoms with Gasteiger partial charge in [-0.15, -0.1) is 0 Å². The molecular weight excluding hydrogens is 204 g/mol. The van der Waals surface area contributed by atoms with Gasteiger partial charge in [0.1, 0.15) is 5.82 Å². The number of nitrogen functional groups attached to an aromatic ring is 1. The Morgan fingerprint density at radius 3 is 2.81 bits per heavy atom. The highest BCUT2D eigenvalue weighted by Gasteiger charge is 2.38. The summed E-state index contributed by atoms with van der Waals surface area (Å²) in [6.45, 7) is 3.37. The van der Waals surface area contributed by atoms with Gasteiger partial charge in [-0.3, -0.25) is 4.79 Å². The molecule has 0 radical (unpaired) electrons. The van der Waals surface area contributed by atoms with Crippen LogP contribution in [0.3, 0.4) is 0 Å². The van der Waals surface area contributed by atoms with Gasteiger partial charge < -0.3 is 16.4 Å². The fourth-order valence-corrected chi connectivity index (χ4v) is 1.97. The molecule has 4 N–H and O–H groups in total. The van der Waals surface area contributed by atoms with Crippen LogP contribution in [0.15, 0.2) is 18.3 Å². The second-order valence-corrected chi connectivity index (χ2v) is 4.54. The molecule has 1 unspecified atom stereocenters. The fourth-order valence-electron chi connectivity index (χ4n) is 1.97. The van der Waals surface area contributed by atoms with Crippen LogP contribution in [0.25, 0.3) is 0 Å². The SMILES string of the molecule is CC1(C(N)=O)CCN(c2ccc(N)nc2)C1. The van der Waals surface area contributed by atoms with Crippen molar-refractivity contribution in [3.8, 4) is 0 Å². The molecule has 1 atom stereocenters. The largest absolute Gasteiger partial charge is 0.384 e. The highest BCUT2D eigenvalue weighted by molar-refractivity contribution is 5.82. The third-order valence-corrected chi connectivity index (χ3v) is 3.20. The maximum absolute atomic E-state index is 11.3. The van der Waals surface area contributed by atoms with Gasteiger partial charge in [0.05, 0.1) is 17.3 Å². The number of aromatic nitrogens is 1. The summed E-state index contributed by atoms with van der Waals surface area (Å²) in [6.07, 6.45) is 2.51. The van der Waals surface area contributed by atoms with Crippen LogP contribution in [0.2, 0.25) is 0 Å². The first kappa shape index (κ1) is 10.7. The van der Waals surface area contributed by atoms with Gasteiger partial charge in [0.2, 0.25) is 5.91 Å². The van der Waals surface area contributed by atoms with Crippen LogP contribution in [-0.2, 0) is 4.79 Å². The van der Waals surface area contributed by atoms with Crippen molar-refractivity contribution >= 4 is 17.4 Å². The third-order valence-electron chi connectivity index (χ3n) is 3.20. The molecule has 1 amide bonds. The first-order valence-electron chi connectivity index (χ1n) is 5.28. The summed E-state index contributed by atoms with van der Waals surface area (Å²) < 4.78 is 0. The molecule has 2 rings (SSSR count). The molecule has 0 spiro atoms. The second kappa shape index (κ2) is 3.66. The number of anilines is 2. The molecule has 1 saturated heterocycles. The van der Waals surface area contributed by atoms with Crippen molar-refractivity contribution in [3.63, 3.8) is 0 Å². The molecule has 2 heterocycles. The van der Waals surface area contributed by atoms with E-state index < -0.39 is 5.41 Å². The number of primary amides is 1. The number of hydrogen-bond acceptors (Lipinski definition) is 4. The van der Waals surface area contributed by atoms with Crippen molar-refractivity contribution in [3.05, 3.63) is 18.3 Å². The Hall–Kier alpha value is -1.78. The summed E-state index contributed by atoms with van der Waals surface area (Å²) >= 11 is 0. The van der Waals surface area contributed by atoms with Crippen LogP contribution in [0.1, 0.15) is 13.3 Å². The molecule has 0 aromatic carbocycles. The second-order valence-electron chi connectivity index (χ2n) is 4.54. The number of hydrogen-bond donors (Lipinski definition) is 2. The maximum Gasteiger partial charge on any atom is 0.225 e. The Kier molecular flexibility index (Phi) is 2.46. The van der Waals surface area contributed by atoms with Crippen molar-refractivity contribution in [1.29, 1.82) is 0 Å². The molecule has 16 heavy (non-hydrogen) atoms. The quantitative estimate of drug-likeness (QED) is 0.753. The van der Waals surface area contributed by atoms with Crippen LogP contribution >= 0.6 is 0 Å². The average molecular weight is 220 g/mol. The summed E-state index contributed by atoms with van der Waals surface area (Å²) in [4.78, 5) is 17.5. The van der Waals surface area contributed by atoms with Gasteiger partial charge in [0, 0.05) is 13.1 Å². The minimum absolute atomic E-state index is 0.238. The Labute approximate surface area is 94.4 Å². The normalized spacial score (nSPS) is 24.7. The number of nitrogens with two attached hydrogens (primary N) is 2. The Morgan fingerprint density at radius 1 is 1.56 bits per heavy atom. The monoisotopic (exact) mass is 220 g/mol. The summed E-state index contributed by atoms with van der Waals surface area (Å²) in [5.41, 5.74) is 11.5. The molecule has 86 valence electrons. The summed E-state index contributed by atoms with van der Waals surface area (Å²) in [7, 11) is 0. The molecule has 1 aliphatic heterocycles. The molecule has 1 fully saturated rings. The van der Waals surface area contributed by atoms with E-state index in [1.54, 1.807) is 12.3 Å². The molecule has 5 heteroatoms. The predicted octanol–water partition coefficient (Wildman–Crippen LogP) is 0.365. The smallest absolute Gasteiger partial charge is 0.225 e. The van der Waals surface area contributed by atoms with Crippen molar-refractivity contribution in [2.75, 3.05) is 23.7 Å². The molecule has 1 aliphatic rings. The number of amides is 1. The number of carbonyl (C=O) groups is 1. The number of nitrogens with zero attached hydrogens (tertiary/aromatic N) is 2. The zero-order chi connectivity index (χ0) is 11.8. The van der Waals surface area contributed by atoms with Crippen molar-refractivity contribution in [1.82, 2.24) is 4.98 Å². The Bertz CT molecular complexity index is 403. The van der Waals surface area contributed by atoms with Crippen molar-refractivity contribution in [2.24, 2.45) is 11.1 Å². The lowest BCUT2D eigenvalue weighted by molar-refractivity contribution is -0.125. The molecule has 0 bridgehead atoms. The summed E-state index contributed by atoms with van der Waals surface area (Å²) in [6, 6.07) is 3.67. The van der Waals surface area contributed by atoms with Gasteiger partial charge in [-0.05, 0) is 25.5 Å². The average Bonchev–Trinajstić information content (AvgIpc) is 2.63. The Balaban J connectivity index is 2.15. The highest BCUT2D eigenvalue weighted by atomic mass is 16.1. The van der Waals surface area contributed by atoms with E-state index in [2.05, 4.69) is 9.88 Å². The topological polar surface area (TPSA) is 85.2 Å². The van der Waals surface area contributed by atoms with Crippen molar-refractivity contribution < 1.29 is 4.79 Å². The number of pyridine rings is 1. The lowest BCUT2D eigenvalue weighted by Gasteiger charge is -2.22. The van der Waals surface area contributed by atoms with E-state index in [0.29, 0.717) is 12.4 Å². The molecule has 0 saturated carbocycles. The van der Waals surface area contributed by atoms with Crippen LogP contribution < -0.4 is 16.4 Å². The Morgan fingerprint density at radius 2 is 2.31 bits per heavy atom. The minimum atomic E-state index is -0.429. The van der Waals surface area contributed by atoms with E-state index in [0.717, 1.165) is 18.7 Å². The molecule has 0 aliphatic carbocycles. The number of carbonyl (C=O) groups excluding carboxylic acids is 1. The third kappa shape index (κ3) is 1.80. The van der Waals surface area contributed by atoms with Crippen LogP contribution in [-0.4, -0.2) is 24.0 Å². The van der Waals surface area contributed by atoms with E-state index in [1.165, 1.54) is 0 Å². The molecule has 1 aromatic rings. The van der Waals surface area contributed by atoms with Gasteiger partial charge in [-0.2, -0.15) is 0 Å². The van der Waals surface area contributed by atoms with E-state index >= 15 is 0 Å². The predicted molar refractivity (Wildman–Crippen MR) is 62.8 cm³/mol. The van der Waals surface area contributed by atoms with Crippen LogP contribution in [0, 0.1) is 5.41 Å². The van der Waals surface area contributed by atoms with E-state index in [1.807, 2.05) is 13.0 Å². The summed E-state index contributed by atoms with van der Waals surface area (Å²) in [5.74, 6) is 0.263. The van der Waals surface area contributed by atoms with Crippen LogP contribution in [0.4, 0.5) is 11.5 Å². The summed E-state index contributed by atoms with van der Waals surface area (Å²) in [5, 5.41) is 0. The van der Waals surface area contributed by atoms with Gasteiger partial charge in [-0.1, -0.05) is 0 Å². The minimum Gasteiger partial charge on any atom is -0.384 e. The zero-order valence-electron chi connectivity index (χ0n) is 9.31. The van der Waals surface area contributed by atoms with Gasteiger partial charge in [-0.25, -0.2) is 4.98 Å². The molecule has 1 aromatic heterocycles. The maximum atomic E-state index is 11.3. The lowest BCUT2D eigenvalue weighted by Crippen LogP contribution is -2.37. The lowest BCUT2D eigenvalue weighted by atomic mass is 9.89. The zero-order valence-corrected chi connectivity index (χ0v) is 9.31. The molecule has 5 nitrogen and oxygen atoms in total. The first-order valence-corrected chi connectivity index (χ1v) is 5.28. The van der Waals surface area contributed by atoms with Crippen molar-refractivity contribution in [2.45, 2.75) is 13.3 Å². The first-order chi connectivity index (χ1) is 7.51. The van der Waals surface area contributed by atoms with Gasteiger partial charge >= 0.3 is 0 Å². The van der Waals surface area contributed by atoms with Gasteiger partial charge in [0.25, 0.3) is 0 Å². The van der Waals surface area contributed by atoms with E-state index in [-0.39, 0.29) is 5.91 Å². The standard InChI is InChI=1S/C11H16N4O/c1-11(10(13)16)4-5-15(7-11)8-2-3-9(12)14-6-8/h2-3,6H,4-5,7H2,1H3,(H2,12,14)(H2,13,16). The van der Waals surface area contributed by atoms with E-state index in [9.17, 15) is 4.79 Å².